The van der Waals surface area contributed by atoms with Crippen LogP contribution in [-0.2, 0) is 4.74 Å². The monoisotopic (exact) mass is 271 g/mol. The molecule has 2 aromatic carbocycles. The Balaban J connectivity index is 1.96. The van der Waals surface area contributed by atoms with Gasteiger partial charge in [-0.1, -0.05) is 36.4 Å². The summed E-state index contributed by atoms with van der Waals surface area (Å²) in [4.78, 5) is 0. The van der Waals surface area contributed by atoms with E-state index in [1.807, 2.05) is 18.2 Å². The number of hydrogen-bond acceptors (Lipinski definition) is 3. The average Bonchev–Trinajstić information content (AvgIpc) is 2.54. The Hall–Kier alpha value is -1.42. The van der Waals surface area contributed by atoms with Gasteiger partial charge in [-0.15, -0.1) is 0 Å². The van der Waals surface area contributed by atoms with Gasteiger partial charge in [0.05, 0.1) is 6.10 Å². The standard InChI is InChI=1S/C17H21NO2/c18-12-17(7-9-20-10-8-17)16(19)15-6-5-13-3-1-2-4-14(13)11-15/h1-6,11,16,19H,7-10,12,18H2. The molecular weight excluding hydrogens is 250 g/mol. The number of rotatable bonds is 3. The molecule has 0 radical (unpaired) electrons. The predicted molar refractivity (Wildman–Crippen MR) is 80.4 cm³/mol. The lowest BCUT2D eigenvalue weighted by Crippen LogP contribution is -2.41. The zero-order valence-corrected chi connectivity index (χ0v) is 11.6. The van der Waals surface area contributed by atoms with E-state index in [9.17, 15) is 5.11 Å². The molecule has 0 aromatic heterocycles. The van der Waals surface area contributed by atoms with Crippen molar-refractivity contribution in [1.82, 2.24) is 0 Å². The van der Waals surface area contributed by atoms with Crippen molar-refractivity contribution < 1.29 is 9.84 Å². The van der Waals surface area contributed by atoms with Gasteiger partial charge in [-0.3, -0.25) is 0 Å². The number of aliphatic hydroxyl groups is 1. The summed E-state index contributed by atoms with van der Waals surface area (Å²) in [5.74, 6) is 0. The maximum atomic E-state index is 10.8. The number of hydrogen-bond donors (Lipinski definition) is 2. The minimum absolute atomic E-state index is 0.249. The van der Waals surface area contributed by atoms with Crippen LogP contribution in [0.4, 0.5) is 0 Å². The van der Waals surface area contributed by atoms with E-state index in [2.05, 4.69) is 24.3 Å². The summed E-state index contributed by atoms with van der Waals surface area (Å²) >= 11 is 0. The number of ether oxygens (including phenoxy) is 1. The molecule has 2 aromatic rings. The zero-order valence-electron chi connectivity index (χ0n) is 11.6. The molecule has 1 aliphatic rings. The molecule has 3 nitrogen and oxygen atoms in total. The highest BCUT2D eigenvalue weighted by Crippen LogP contribution is 2.42. The fourth-order valence-corrected chi connectivity index (χ4v) is 3.10. The summed E-state index contributed by atoms with van der Waals surface area (Å²) in [6, 6.07) is 14.4. The van der Waals surface area contributed by atoms with E-state index in [0.717, 1.165) is 23.8 Å². The normalized spacial score (nSPS) is 19.9. The van der Waals surface area contributed by atoms with Crippen LogP contribution < -0.4 is 5.73 Å². The molecule has 0 spiro atoms. The Kier molecular flexibility index (Phi) is 3.74. The van der Waals surface area contributed by atoms with Gasteiger partial charge in [-0.25, -0.2) is 0 Å². The molecule has 1 atom stereocenters. The summed E-state index contributed by atoms with van der Waals surface area (Å²) in [5, 5.41) is 13.2. The van der Waals surface area contributed by atoms with Gasteiger partial charge in [0.2, 0.25) is 0 Å². The minimum Gasteiger partial charge on any atom is -0.388 e. The molecule has 1 fully saturated rings. The van der Waals surface area contributed by atoms with E-state index >= 15 is 0 Å². The first kappa shape index (κ1) is 13.6. The number of benzene rings is 2. The molecule has 0 bridgehead atoms. The second kappa shape index (κ2) is 5.52. The lowest BCUT2D eigenvalue weighted by Gasteiger charge is -2.40. The third-order valence-corrected chi connectivity index (χ3v) is 4.56. The summed E-state index contributed by atoms with van der Waals surface area (Å²) in [6.07, 6.45) is 1.11. The van der Waals surface area contributed by atoms with Crippen molar-refractivity contribution in [1.29, 1.82) is 0 Å². The Labute approximate surface area is 119 Å². The fraction of sp³-hybridized carbons (Fsp3) is 0.412. The SMILES string of the molecule is NCC1(C(O)c2ccc3ccccc3c2)CCOCC1. The van der Waals surface area contributed by atoms with Crippen molar-refractivity contribution in [2.45, 2.75) is 18.9 Å². The van der Waals surface area contributed by atoms with E-state index < -0.39 is 6.10 Å². The first-order valence-corrected chi connectivity index (χ1v) is 7.20. The van der Waals surface area contributed by atoms with Crippen molar-refractivity contribution in [3.63, 3.8) is 0 Å². The second-order valence-electron chi connectivity index (χ2n) is 5.69. The van der Waals surface area contributed by atoms with Crippen LogP contribution >= 0.6 is 0 Å². The van der Waals surface area contributed by atoms with E-state index in [4.69, 9.17) is 10.5 Å². The molecule has 3 heteroatoms. The van der Waals surface area contributed by atoms with Gasteiger partial charge in [-0.05, 0) is 35.2 Å². The van der Waals surface area contributed by atoms with Gasteiger partial charge >= 0.3 is 0 Å². The van der Waals surface area contributed by atoms with Gasteiger partial charge in [0.1, 0.15) is 0 Å². The first-order chi connectivity index (χ1) is 9.75. The Morgan fingerprint density at radius 1 is 1.10 bits per heavy atom. The molecule has 1 aliphatic heterocycles. The first-order valence-electron chi connectivity index (χ1n) is 7.20. The highest BCUT2D eigenvalue weighted by atomic mass is 16.5. The highest BCUT2D eigenvalue weighted by molar-refractivity contribution is 5.83. The van der Waals surface area contributed by atoms with Crippen LogP contribution in [-0.4, -0.2) is 24.9 Å². The predicted octanol–water partition coefficient (Wildman–Crippen LogP) is 2.63. The highest BCUT2D eigenvalue weighted by Gasteiger charge is 2.39. The number of nitrogens with two attached hydrogens (primary N) is 1. The van der Waals surface area contributed by atoms with Crippen molar-refractivity contribution in [3.8, 4) is 0 Å². The van der Waals surface area contributed by atoms with Crippen molar-refractivity contribution in [2.75, 3.05) is 19.8 Å². The zero-order chi connectivity index (χ0) is 14.0. The molecular formula is C17H21NO2. The lowest BCUT2D eigenvalue weighted by molar-refractivity contribution is -0.0581. The smallest absolute Gasteiger partial charge is 0.0860 e. The van der Waals surface area contributed by atoms with Crippen LogP contribution in [0.3, 0.4) is 0 Å². The van der Waals surface area contributed by atoms with E-state index in [-0.39, 0.29) is 5.41 Å². The Morgan fingerprint density at radius 2 is 1.80 bits per heavy atom. The largest absolute Gasteiger partial charge is 0.388 e. The lowest BCUT2D eigenvalue weighted by atomic mass is 9.73. The van der Waals surface area contributed by atoms with Crippen LogP contribution in [0.2, 0.25) is 0 Å². The summed E-state index contributed by atoms with van der Waals surface area (Å²) in [5.41, 5.74) is 6.68. The molecule has 1 unspecified atom stereocenters. The molecule has 0 amide bonds. The number of fused-ring (bicyclic) bond motifs is 1. The van der Waals surface area contributed by atoms with Crippen LogP contribution in [0.15, 0.2) is 42.5 Å². The fourth-order valence-electron chi connectivity index (χ4n) is 3.10. The third kappa shape index (κ3) is 2.33. The summed E-state index contributed by atoms with van der Waals surface area (Å²) in [6.45, 7) is 1.86. The average molecular weight is 271 g/mol. The van der Waals surface area contributed by atoms with Crippen LogP contribution in [0.5, 0.6) is 0 Å². The van der Waals surface area contributed by atoms with E-state index in [1.165, 1.54) is 5.39 Å². The van der Waals surface area contributed by atoms with Gasteiger partial charge in [0, 0.05) is 25.2 Å². The van der Waals surface area contributed by atoms with Crippen LogP contribution in [0.1, 0.15) is 24.5 Å². The van der Waals surface area contributed by atoms with Gasteiger partial charge in [0.25, 0.3) is 0 Å². The van der Waals surface area contributed by atoms with E-state index in [1.54, 1.807) is 0 Å². The molecule has 0 aliphatic carbocycles. The summed E-state index contributed by atoms with van der Waals surface area (Å²) in [7, 11) is 0. The second-order valence-corrected chi connectivity index (χ2v) is 5.69. The molecule has 1 saturated heterocycles. The molecule has 3 N–H and O–H groups in total. The van der Waals surface area contributed by atoms with Crippen molar-refractivity contribution in [3.05, 3.63) is 48.0 Å². The molecule has 20 heavy (non-hydrogen) atoms. The Morgan fingerprint density at radius 3 is 2.50 bits per heavy atom. The quantitative estimate of drug-likeness (QED) is 0.902. The molecule has 1 heterocycles. The summed E-state index contributed by atoms with van der Waals surface area (Å²) < 4.78 is 5.42. The van der Waals surface area contributed by atoms with Gasteiger partial charge in [0.15, 0.2) is 0 Å². The molecule has 0 saturated carbocycles. The molecule has 3 rings (SSSR count). The Bertz CT molecular complexity index is 590. The van der Waals surface area contributed by atoms with Gasteiger partial charge < -0.3 is 15.6 Å². The number of aliphatic hydroxyl groups excluding tert-OH is 1. The van der Waals surface area contributed by atoms with Gasteiger partial charge in [-0.2, -0.15) is 0 Å². The maximum absolute atomic E-state index is 10.8. The van der Waals surface area contributed by atoms with Crippen molar-refractivity contribution >= 4 is 10.8 Å². The topological polar surface area (TPSA) is 55.5 Å². The van der Waals surface area contributed by atoms with Crippen LogP contribution in [0.25, 0.3) is 10.8 Å². The van der Waals surface area contributed by atoms with E-state index in [0.29, 0.717) is 19.8 Å². The maximum Gasteiger partial charge on any atom is 0.0860 e. The third-order valence-electron chi connectivity index (χ3n) is 4.56. The molecule has 106 valence electrons. The van der Waals surface area contributed by atoms with Crippen LogP contribution in [0, 0.1) is 5.41 Å². The van der Waals surface area contributed by atoms with Crippen molar-refractivity contribution in [2.24, 2.45) is 11.1 Å². The minimum atomic E-state index is -0.527.